The molecule has 2 rings (SSSR count). The highest BCUT2D eigenvalue weighted by Gasteiger charge is 2.13. The molecule has 0 radical (unpaired) electrons. The Hall–Kier alpha value is 0.01000. The number of nitrogens with one attached hydrogen (secondary N) is 1. The van der Waals surface area contributed by atoms with Crippen LogP contribution in [-0.2, 0) is 11.3 Å². The average Bonchev–Trinajstić information content (AvgIpc) is 2.32. The first kappa shape index (κ1) is 15.1. The number of rotatable bonds is 3. The van der Waals surface area contributed by atoms with Gasteiger partial charge in [-0.1, -0.05) is 29.3 Å². The third-order valence-electron chi connectivity index (χ3n) is 2.76. The van der Waals surface area contributed by atoms with Crippen LogP contribution in [0, 0.1) is 0 Å². The number of hydrogen-bond acceptors (Lipinski definition) is 2. The fourth-order valence-corrected chi connectivity index (χ4v) is 2.13. The van der Waals surface area contributed by atoms with E-state index in [2.05, 4.69) is 5.32 Å². The fraction of sp³-hybridized carbons (Fsp3) is 0.500. The van der Waals surface area contributed by atoms with Crippen molar-refractivity contribution in [3.63, 3.8) is 0 Å². The van der Waals surface area contributed by atoms with Crippen molar-refractivity contribution < 1.29 is 4.74 Å². The molecule has 1 heterocycles. The lowest BCUT2D eigenvalue weighted by molar-refractivity contribution is 0.0212. The van der Waals surface area contributed by atoms with Crippen LogP contribution >= 0.6 is 35.6 Å². The van der Waals surface area contributed by atoms with Crippen molar-refractivity contribution in [2.45, 2.75) is 25.6 Å². The summed E-state index contributed by atoms with van der Waals surface area (Å²) in [6.07, 6.45) is 2.54. The molecule has 1 saturated heterocycles. The molecular weight excluding hydrogens is 280 g/mol. The van der Waals surface area contributed by atoms with Crippen molar-refractivity contribution in [1.29, 1.82) is 0 Å². The summed E-state index contributed by atoms with van der Waals surface area (Å²) in [5, 5.41) is 4.49. The quantitative estimate of drug-likeness (QED) is 0.918. The van der Waals surface area contributed by atoms with E-state index in [-0.39, 0.29) is 12.4 Å². The van der Waals surface area contributed by atoms with Crippen molar-refractivity contribution in [2.24, 2.45) is 0 Å². The minimum atomic E-state index is 0. The van der Waals surface area contributed by atoms with Gasteiger partial charge in [0, 0.05) is 0 Å². The van der Waals surface area contributed by atoms with E-state index < -0.39 is 0 Å². The number of halogens is 3. The maximum Gasteiger partial charge on any atom is 0.0721 e. The summed E-state index contributed by atoms with van der Waals surface area (Å²) in [7, 11) is 0. The zero-order valence-corrected chi connectivity index (χ0v) is 11.7. The number of piperidine rings is 1. The van der Waals surface area contributed by atoms with Crippen LogP contribution in [0.15, 0.2) is 18.2 Å². The van der Waals surface area contributed by atoms with E-state index >= 15 is 0 Å². The van der Waals surface area contributed by atoms with Crippen molar-refractivity contribution >= 4 is 35.6 Å². The SMILES string of the molecule is Cl.Clc1ccc(COC2CCNCC2)cc1Cl. The Balaban J connectivity index is 0.00000144. The first-order chi connectivity index (χ1) is 7.75. The Kier molecular flexibility index (Phi) is 6.60. The monoisotopic (exact) mass is 295 g/mol. The van der Waals surface area contributed by atoms with Gasteiger partial charge in [-0.05, 0) is 43.6 Å². The van der Waals surface area contributed by atoms with Gasteiger partial charge in [-0.3, -0.25) is 0 Å². The summed E-state index contributed by atoms with van der Waals surface area (Å²) in [4.78, 5) is 0. The predicted octanol–water partition coefficient (Wildman–Crippen LogP) is 3.68. The maximum absolute atomic E-state index is 5.94. The van der Waals surface area contributed by atoms with Crippen LogP contribution in [-0.4, -0.2) is 19.2 Å². The molecule has 1 aliphatic heterocycles. The lowest BCUT2D eigenvalue weighted by Gasteiger charge is -2.23. The zero-order chi connectivity index (χ0) is 11.4. The molecular formula is C12H16Cl3NO. The Morgan fingerprint density at radius 2 is 1.88 bits per heavy atom. The molecule has 0 aliphatic carbocycles. The first-order valence-electron chi connectivity index (χ1n) is 5.52. The zero-order valence-electron chi connectivity index (χ0n) is 9.42. The van der Waals surface area contributed by atoms with Gasteiger partial charge in [0.2, 0.25) is 0 Å². The van der Waals surface area contributed by atoms with Crippen molar-refractivity contribution in [1.82, 2.24) is 5.32 Å². The molecule has 1 fully saturated rings. The number of ether oxygens (including phenoxy) is 1. The van der Waals surface area contributed by atoms with Crippen LogP contribution in [0.3, 0.4) is 0 Å². The fourth-order valence-electron chi connectivity index (χ4n) is 1.81. The second-order valence-corrected chi connectivity index (χ2v) is 4.82. The van der Waals surface area contributed by atoms with Crippen LogP contribution in [0.5, 0.6) is 0 Å². The normalized spacial score (nSPS) is 16.6. The summed E-state index contributed by atoms with van der Waals surface area (Å²) in [5.41, 5.74) is 1.08. The first-order valence-corrected chi connectivity index (χ1v) is 6.27. The summed E-state index contributed by atoms with van der Waals surface area (Å²) in [6.45, 7) is 2.71. The highest BCUT2D eigenvalue weighted by molar-refractivity contribution is 6.42. The molecule has 0 saturated carbocycles. The summed E-state index contributed by atoms with van der Waals surface area (Å²) in [6, 6.07) is 5.63. The second kappa shape index (κ2) is 7.45. The summed E-state index contributed by atoms with van der Waals surface area (Å²) in [5.74, 6) is 0. The Labute approximate surface area is 118 Å². The molecule has 0 unspecified atom stereocenters. The van der Waals surface area contributed by atoms with Gasteiger partial charge in [0.1, 0.15) is 0 Å². The smallest absolute Gasteiger partial charge is 0.0721 e. The highest BCUT2D eigenvalue weighted by Crippen LogP contribution is 2.23. The lowest BCUT2D eigenvalue weighted by atomic mass is 10.1. The van der Waals surface area contributed by atoms with Crippen LogP contribution in [0.2, 0.25) is 10.0 Å². The van der Waals surface area contributed by atoms with Gasteiger partial charge < -0.3 is 10.1 Å². The lowest BCUT2D eigenvalue weighted by Crippen LogP contribution is -2.32. The minimum absolute atomic E-state index is 0. The third kappa shape index (κ3) is 4.65. The second-order valence-electron chi connectivity index (χ2n) is 4.01. The van der Waals surface area contributed by atoms with Crippen molar-refractivity contribution in [2.75, 3.05) is 13.1 Å². The summed E-state index contributed by atoms with van der Waals surface area (Å²) < 4.78 is 5.82. The van der Waals surface area contributed by atoms with Crippen LogP contribution < -0.4 is 5.32 Å². The third-order valence-corrected chi connectivity index (χ3v) is 3.49. The molecule has 17 heavy (non-hydrogen) atoms. The van der Waals surface area contributed by atoms with E-state index in [1.165, 1.54) is 0 Å². The molecule has 5 heteroatoms. The molecule has 96 valence electrons. The van der Waals surface area contributed by atoms with Crippen molar-refractivity contribution in [3.8, 4) is 0 Å². The largest absolute Gasteiger partial charge is 0.373 e. The van der Waals surface area contributed by atoms with Crippen molar-refractivity contribution in [3.05, 3.63) is 33.8 Å². The molecule has 1 aliphatic rings. The Morgan fingerprint density at radius 1 is 1.18 bits per heavy atom. The molecule has 2 nitrogen and oxygen atoms in total. The van der Waals surface area contributed by atoms with Crippen LogP contribution in [0.25, 0.3) is 0 Å². The van der Waals surface area contributed by atoms with Gasteiger partial charge in [-0.2, -0.15) is 0 Å². The molecule has 1 aromatic carbocycles. The Bertz CT molecular complexity index is 354. The molecule has 0 spiro atoms. The van der Waals surface area contributed by atoms with E-state index in [9.17, 15) is 0 Å². The summed E-state index contributed by atoms with van der Waals surface area (Å²) >= 11 is 11.8. The molecule has 0 bridgehead atoms. The number of hydrogen-bond donors (Lipinski definition) is 1. The van der Waals surface area contributed by atoms with Crippen LogP contribution in [0.1, 0.15) is 18.4 Å². The molecule has 0 amide bonds. The van der Waals surface area contributed by atoms with Gasteiger partial charge in [0.15, 0.2) is 0 Å². The van der Waals surface area contributed by atoms with E-state index in [0.29, 0.717) is 22.8 Å². The van der Waals surface area contributed by atoms with Crippen LogP contribution in [0.4, 0.5) is 0 Å². The molecule has 0 atom stereocenters. The highest BCUT2D eigenvalue weighted by atomic mass is 35.5. The van der Waals surface area contributed by atoms with E-state index in [1.54, 1.807) is 0 Å². The Morgan fingerprint density at radius 3 is 2.53 bits per heavy atom. The predicted molar refractivity (Wildman–Crippen MR) is 74.4 cm³/mol. The van der Waals surface area contributed by atoms with Gasteiger partial charge in [0.05, 0.1) is 22.8 Å². The van der Waals surface area contributed by atoms with Gasteiger partial charge in [-0.25, -0.2) is 0 Å². The molecule has 1 aromatic rings. The maximum atomic E-state index is 5.94. The van der Waals surface area contributed by atoms with E-state index in [1.807, 2.05) is 18.2 Å². The van der Waals surface area contributed by atoms with Gasteiger partial charge >= 0.3 is 0 Å². The minimum Gasteiger partial charge on any atom is -0.373 e. The average molecular weight is 297 g/mol. The number of benzene rings is 1. The van der Waals surface area contributed by atoms with E-state index in [0.717, 1.165) is 31.5 Å². The van der Waals surface area contributed by atoms with E-state index in [4.69, 9.17) is 27.9 Å². The van der Waals surface area contributed by atoms with Gasteiger partial charge in [-0.15, -0.1) is 12.4 Å². The van der Waals surface area contributed by atoms with Gasteiger partial charge in [0.25, 0.3) is 0 Å². The molecule has 0 aromatic heterocycles. The molecule has 1 N–H and O–H groups in total. The topological polar surface area (TPSA) is 21.3 Å². The standard InChI is InChI=1S/C12H15Cl2NO.ClH/c13-11-2-1-9(7-12(11)14)8-16-10-3-5-15-6-4-10;/h1-2,7,10,15H,3-6,8H2;1H.